The average Bonchev–Trinajstić information content (AvgIpc) is 3.28. The van der Waals surface area contributed by atoms with Crippen molar-refractivity contribution in [2.75, 3.05) is 45.7 Å². The quantitative estimate of drug-likeness (QED) is 0.451. The molecule has 4 aromatic rings. The second kappa shape index (κ2) is 9.48. The first-order valence-electron chi connectivity index (χ1n) is 11.1. The predicted octanol–water partition coefficient (Wildman–Crippen LogP) is 3.56. The van der Waals surface area contributed by atoms with E-state index in [4.69, 9.17) is 14.6 Å². The molecule has 2 aromatic heterocycles. The van der Waals surface area contributed by atoms with E-state index in [-0.39, 0.29) is 0 Å². The van der Waals surface area contributed by atoms with E-state index in [1.54, 1.807) is 20.4 Å². The van der Waals surface area contributed by atoms with E-state index in [1.807, 2.05) is 47.0 Å². The maximum Gasteiger partial charge on any atom is 0.245 e. The maximum atomic E-state index is 5.67. The van der Waals surface area contributed by atoms with Crippen LogP contribution in [0.1, 0.15) is 5.56 Å². The number of hydrogen-bond acceptors (Lipinski definition) is 7. The normalized spacial score (nSPS) is 14.4. The molecule has 8 nitrogen and oxygen atoms in total. The van der Waals surface area contributed by atoms with Crippen LogP contribution < -0.4 is 20.1 Å². The molecule has 5 rings (SSSR count). The van der Waals surface area contributed by atoms with Crippen molar-refractivity contribution < 1.29 is 9.47 Å². The number of para-hydroxylation sites is 1. The number of aromatic nitrogens is 3. The number of nitrogens with one attached hydrogen (secondary N) is 2. The van der Waals surface area contributed by atoms with Crippen molar-refractivity contribution in [3.8, 4) is 22.8 Å². The largest absolute Gasteiger partial charge is 0.496 e. The molecule has 2 aromatic carbocycles. The van der Waals surface area contributed by atoms with Gasteiger partial charge in [-0.3, -0.25) is 4.90 Å². The molecule has 1 saturated heterocycles. The zero-order valence-electron chi connectivity index (χ0n) is 18.9. The van der Waals surface area contributed by atoms with Crippen LogP contribution >= 0.6 is 0 Å². The molecule has 33 heavy (non-hydrogen) atoms. The monoisotopic (exact) mass is 444 g/mol. The lowest BCUT2D eigenvalue weighted by Gasteiger charge is -2.27. The van der Waals surface area contributed by atoms with Gasteiger partial charge in [-0.2, -0.15) is 0 Å². The van der Waals surface area contributed by atoms with E-state index < -0.39 is 0 Å². The summed E-state index contributed by atoms with van der Waals surface area (Å²) in [7, 11) is 3.36. The molecular weight excluding hydrogens is 416 g/mol. The van der Waals surface area contributed by atoms with Gasteiger partial charge in [-0.15, -0.1) is 5.10 Å². The zero-order chi connectivity index (χ0) is 22.6. The van der Waals surface area contributed by atoms with Crippen molar-refractivity contribution in [2.45, 2.75) is 6.54 Å². The zero-order valence-corrected chi connectivity index (χ0v) is 18.9. The van der Waals surface area contributed by atoms with Crippen LogP contribution in [0.5, 0.6) is 11.5 Å². The first-order valence-corrected chi connectivity index (χ1v) is 11.1. The number of rotatable bonds is 7. The van der Waals surface area contributed by atoms with E-state index in [1.165, 1.54) is 5.56 Å². The van der Waals surface area contributed by atoms with E-state index >= 15 is 0 Å². The van der Waals surface area contributed by atoms with Crippen LogP contribution in [0.3, 0.4) is 0 Å². The molecule has 0 atom stereocenters. The van der Waals surface area contributed by atoms with Gasteiger partial charge in [-0.05, 0) is 42.0 Å². The van der Waals surface area contributed by atoms with E-state index in [9.17, 15) is 0 Å². The van der Waals surface area contributed by atoms with Gasteiger partial charge in [-0.1, -0.05) is 18.2 Å². The minimum atomic E-state index is 0.489. The first kappa shape index (κ1) is 21.2. The number of anilines is 2. The van der Waals surface area contributed by atoms with Crippen molar-refractivity contribution in [3.63, 3.8) is 0 Å². The number of piperazine rings is 1. The number of hydrogen-bond donors (Lipinski definition) is 2. The molecule has 0 saturated carbocycles. The molecule has 2 N–H and O–H groups in total. The molecule has 170 valence electrons. The van der Waals surface area contributed by atoms with Gasteiger partial charge in [-0.25, -0.2) is 9.50 Å². The molecule has 0 spiro atoms. The molecule has 0 aliphatic carbocycles. The summed E-state index contributed by atoms with van der Waals surface area (Å²) in [5, 5.41) is 11.5. The van der Waals surface area contributed by atoms with Gasteiger partial charge in [0.2, 0.25) is 5.95 Å². The summed E-state index contributed by atoms with van der Waals surface area (Å²) < 4.78 is 13.1. The SMILES string of the molecule is COc1cc(CN2CCNCC2)ccc1Nc1ncc2ccc(-c3ccccc3OC)n2n1. The highest BCUT2D eigenvalue weighted by Crippen LogP contribution is 2.32. The Morgan fingerprint density at radius 3 is 2.61 bits per heavy atom. The van der Waals surface area contributed by atoms with Crippen LogP contribution in [0.15, 0.2) is 60.8 Å². The Balaban J connectivity index is 1.42. The molecule has 1 aliphatic heterocycles. The van der Waals surface area contributed by atoms with Gasteiger partial charge >= 0.3 is 0 Å². The summed E-state index contributed by atoms with van der Waals surface area (Å²) in [5.41, 5.74) is 4.86. The Labute approximate surface area is 193 Å². The molecular formula is C25H28N6O2. The Kier molecular flexibility index (Phi) is 6.10. The summed E-state index contributed by atoms with van der Waals surface area (Å²) in [6.07, 6.45) is 1.81. The van der Waals surface area contributed by atoms with Crippen LogP contribution in [0, 0.1) is 0 Å². The third-order valence-corrected chi connectivity index (χ3v) is 5.91. The van der Waals surface area contributed by atoms with Crippen molar-refractivity contribution >= 4 is 17.2 Å². The second-order valence-corrected chi connectivity index (χ2v) is 8.02. The molecule has 0 bridgehead atoms. The van der Waals surface area contributed by atoms with Gasteiger partial charge in [0.1, 0.15) is 11.5 Å². The Bertz CT molecular complexity index is 1250. The summed E-state index contributed by atoms with van der Waals surface area (Å²) in [5.74, 6) is 2.05. The summed E-state index contributed by atoms with van der Waals surface area (Å²) >= 11 is 0. The molecule has 0 amide bonds. The molecule has 0 radical (unpaired) electrons. The van der Waals surface area contributed by atoms with Crippen LogP contribution in [0.2, 0.25) is 0 Å². The Morgan fingerprint density at radius 2 is 1.79 bits per heavy atom. The third-order valence-electron chi connectivity index (χ3n) is 5.91. The summed E-state index contributed by atoms with van der Waals surface area (Å²) in [4.78, 5) is 6.94. The van der Waals surface area contributed by atoms with Crippen LogP contribution in [-0.2, 0) is 6.54 Å². The van der Waals surface area contributed by atoms with Gasteiger partial charge in [0, 0.05) is 38.3 Å². The van der Waals surface area contributed by atoms with Crippen molar-refractivity contribution in [3.05, 3.63) is 66.4 Å². The molecule has 8 heteroatoms. The fraction of sp³-hybridized carbons (Fsp3) is 0.280. The van der Waals surface area contributed by atoms with E-state index in [2.05, 4.69) is 32.7 Å². The average molecular weight is 445 g/mol. The number of benzene rings is 2. The maximum absolute atomic E-state index is 5.67. The second-order valence-electron chi connectivity index (χ2n) is 8.02. The third kappa shape index (κ3) is 4.48. The highest BCUT2D eigenvalue weighted by molar-refractivity contribution is 5.72. The molecule has 0 unspecified atom stereocenters. The van der Waals surface area contributed by atoms with Gasteiger partial charge < -0.3 is 20.1 Å². The lowest BCUT2D eigenvalue weighted by atomic mass is 10.1. The van der Waals surface area contributed by atoms with Crippen LogP contribution in [0.4, 0.5) is 11.6 Å². The fourth-order valence-electron chi connectivity index (χ4n) is 4.20. The topological polar surface area (TPSA) is 76.0 Å². The fourth-order valence-corrected chi connectivity index (χ4v) is 4.20. The number of nitrogens with zero attached hydrogens (tertiary/aromatic N) is 4. The van der Waals surface area contributed by atoms with Crippen molar-refractivity contribution in [2.24, 2.45) is 0 Å². The Hall–Kier alpha value is -3.62. The predicted molar refractivity (Wildman–Crippen MR) is 129 cm³/mol. The standard InChI is InChI=1S/C25H28N6O2/c1-32-23-6-4-3-5-20(23)22-10-8-19-16-27-25(29-31(19)22)28-21-9-7-18(15-24(21)33-2)17-30-13-11-26-12-14-30/h3-10,15-16,26H,11-14,17H2,1-2H3,(H,28,29). The minimum Gasteiger partial charge on any atom is -0.496 e. The molecule has 1 aliphatic rings. The molecule has 1 fully saturated rings. The van der Waals surface area contributed by atoms with Gasteiger partial charge in [0.15, 0.2) is 0 Å². The van der Waals surface area contributed by atoms with Crippen molar-refractivity contribution in [1.29, 1.82) is 0 Å². The lowest BCUT2D eigenvalue weighted by molar-refractivity contribution is 0.233. The minimum absolute atomic E-state index is 0.489. The van der Waals surface area contributed by atoms with Gasteiger partial charge in [0.05, 0.1) is 37.3 Å². The Morgan fingerprint density at radius 1 is 0.970 bits per heavy atom. The van der Waals surface area contributed by atoms with Crippen LogP contribution in [0.25, 0.3) is 16.8 Å². The number of fused-ring (bicyclic) bond motifs is 1. The van der Waals surface area contributed by atoms with E-state index in [0.717, 1.165) is 66.7 Å². The highest BCUT2D eigenvalue weighted by atomic mass is 16.5. The van der Waals surface area contributed by atoms with Crippen molar-refractivity contribution in [1.82, 2.24) is 24.8 Å². The van der Waals surface area contributed by atoms with Gasteiger partial charge in [0.25, 0.3) is 0 Å². The number of methoxy groups -OCH3 is 2. The first-order chi connectivity index (χ1) is 16.2. The lowest BCUT2D eigenvalue weighted by Crippen LogP contribution is -2.42. The highest BCUT2D eigenvalue weighted by Gasteiger charge is 2.14. The smallest absolute Gasteiger partial charge is 0.245 e. The van der Waals surface area contributed by atoms with Crippen LogP contribution in [-0.4, -0.2) is 59.9 Å². The summed E-state index contributed by atoms with van der Waals surface area (Å²) in [6, 6.07) is 18.2. The molecule has 3 heterocycles. The number of ether oxygens (including phenoxy) is 2. The summed E-state index contributed by atoms with van der Waals surface area (Å²) in [6.45, 7) is 5.09. The van der Waals surface area contributed by atoms with E-state index in [0.29, 0.717) is 5.95 Å².